The molecular formula is C20H19FN2O4S. The van der Waals surface area contributed by atoms with E-state index < -0.39 is 0 Å². The number of rotatable bonds is 7. The Kier molecular flexibility index (Phi) is 6.10. The molecule has 0 aliphatic carbocycles. The average molecular weight is 402 g/mol. The second-order valence-electron chi connectivity index (χ2n) is 5.85. The number of aryl methyl sites for hydroxylation is 1. The molecule has 0 aliphatic heterocycles. The maximum Gasteiger partial charge on any atom is 0.275 e. The topological polar surface area (TPSA) is 69.7 Å². The Balaban J connectivity index is 1.66. The zero-order chi connectivity index (χ0) is 20.1. The third-order valence-electron chi connectivity index (χ3n) is 3.94. The van der Waals surface area contributed by atoms with Gasteiger partial charge in [0.05, 0.1) is 14.2 Å². The van der Waals surface area contributed by atoms with Gasteiger partial charge in [-0.2, -0.15) is 0 Å². The maximum absolute atomic E-state index is 12.9. The monoisotopic (exact) mass is 402 g/mol. The molecule has 3 aromatic rings. The van der Waals surface area contributed by atoms with Crippen LogP contribution in [0.25, 0.3) is 0 Å². The van der Waals surface area contributed by atoms with Crippen molar-refractivity contribution in [2.45, 2.75) is 13.5 Å². The molecule has 1 N–H and O–H groups in total. The van der Waals surface area contributed by atoms with Crippen LogP contribution < -0.4 is 19.5 Å². The fraction of sp³-hybridized carbons (Fsp3) is 0.200. The van der Waals surface area contributed by atoms with Crippen molar-refractivity contribution >= 4 is 22.9 Å². The number of thiazole rings is 1. The Hall–Kier alpha value is -3.13. The molecule has 0 saturated heterocycles. The summed E-state index contributed by atoms with van der Waals surface area (Å²) in [5, 5.41) is 5.13. The Bertz CT molecular complexity index is 973. The van der Waals surface area contributed by atoms with Gasteiger partial charge in [-0.15, -0.1) is 11.3 Å². The standard InChI is InChI=1S/C20H19FN2O4S/c1-12-8-17(25-2)18(26-3)9-15(12)23-20(24)16-11-28-19(22-16)10-27-14-6-4-13(21)5-7-14/h4-9,11H,10H2,1-3H3,(H,23,24). The van der Waals surface area contributed by atoms with Crippen LogP contribution in [0.3, 0.4) is 0 Å². The molecule has 0 fully saturated rings. The normalized spacial score (nSPS) is 10.4. The molecule has 0 atom stereocenters. The Labute approximate surface area is 165 Å². The van der Waals surface area contributed by atoms with Crippen LogP contribution in [0, 0.1) is 12.7 Å². The highest BCUT2D eigenvalue weighted by Gasteiger charge is 2.15. The summed E-state index contributed by atoms with van der Waals surface area (Å²) in [5.74, 6) is 0.983. The van der Waals surface area contributed by atoms with Crippen LogP contribution in [0.2, 0.25) is 0 Å². The van der Waals surface area contributed by atoms with E-state index in [4.69, 9.17) is 14.2 Å². The second kappa shape index (κ2) is 8.71. The lowest BCUT2D eigenvalue weighted by Gasteiger charge is -2.13. The van der Waals surface area contributed by atoms with Gasteiger partial charge in [-0.3, -0.25) is 4.79 Å². The van der Waals surface area contributed by atoms with Crippen molar-refractivity contribution < 1.29 is 23.4 Å². The number of methoxy groups -OCH3 is 2. The van der Waals surface area contributed by atoms with Crippen molar-refractivity contribution in [2.24, 2.45) is 0 Å². The van der Waals surface area contributed by atoms with Gasteiger partial charge < -0.3 is 19.5 Å². The molecular weight excluding hydrogens is 383 g/mol. The number of aromatic nitrogens is 1. The number of benzene rings is 2. The Morgan fingerprint density at radius 3 is 2.50 bits per heavy atom. The quantitative estimate of drug-likeness (QED) is 0.633. The lowest BCUT2D eigenvalue weighted by molar-refractivity contribution is 0.102. The van der Waals surface area contributed by atoms with E-state index >= 15 is 0 Å². The van der Waals surface area contributed by atoms with Crippen molar-refractivity contribution in [1.82, 2.24) is 4.98 Å². The minimum Gasteiger partial charge on any atom is -0.493 e. The summed E-state index contributed by atoms with van der Waals surface area (Å²) in [6, 6.07) is 9.21. The third kappa shape index (κ3) is 4.58. The van der Waals surface area contributed by atoms with Crippen molar-refractivity contribution in [2.75, 3.05) is 19.5 Å². The fourth-order valence-corrected chi connectivity index (χ4v) is 3.14. The van der Waals surface area contributed by atoms with Gasteiger partial charge in [0.25, 0.3) is 5.91 Å². The van der Waals surface area contributed by atoms with E-state index in [0.717, 1.165) is 5.56 Å². The van der Waals surface area contributed by atoms with Crippen LogP contribution in [0.15, 0.2) is 41.8 Å². The molecule has 2 aromatic carbocycles. The van der Waals surface area contributed by atoms with E-state index in [2.05, 4.69) is 10.3 Å². The number of halogens is 1. The average Bonchev–Trinajstić information content (AvgIpc) is 3.18. The number of carbonyl (C=O) groups is 1. The summed E-state index contributed by atoms with van der Waals surface area (Å²) in [7, 11) is 3.09. The van der Waals surface area contributed by atoms with E-state index in [1.54, 1.807) is 24.6 Å². The first kappa shape index (κ1) is 19.6. The molecule has 0 aliphatic rings. The molecule has 0 spiro atoms. The number of nitrogens with zero attached hydrogens (tertiary/aromatic N) is 1. The minimum absolute atomic E-state index is 0.193. The third-order valence-corrected chi connectivity index (χ3v) is 4.76. The lowest BCUT2D eigenvalue weighted by Crippen LogP contribution is -2.13. The molecule has 146 valence electrons. The van der Waals surface area contributed by atoms with Crippen LogP contribution in [0.4, 0.5) is 10.1 Å². The van der Waals surface area contributed by atoms with Gasteiger partial charge in [-0.1, -0.05) is 0 Å². The fourth-order valence-electron chi connectivity index (χ4n) is 2.46. The molecule has 28 heavy (non-hydrogen) atoms. The van der Waals surface area contributed by atoms with E-state index in [1.807, 2.05) is 6.92 Å². The van der Waals surface area contributed by atoms with Gasteiger partial charge in [0.15, 0.2) is 11.5 Å². The highest BCUT2D eigenvalue weighted by molar-refractivity contribution is 7.09. The number of hydrogen-bond acceptors (Lipinski definition) is 6. The lowest BCUT2D eigenvalue weighted by atomic mass is 10.1. The van der Waals surface area contributed by atoms with Crippen molar-refractivity contribution in [3.63, 3.8) is 0 Å². The summed E-state index contributed by atoms with van der Waals surface area (Å²) in [4.78, 5) is 16.8. The van der Waals surface area contributed by atoms with Gasteiger partial charge >= 0.3 is 0 Å². The number of anilines is 1. The molecule has 3 rings (SSSR count). The predicted octanol–water partition coefficient (Wildman–Crippen LogP) is 4.44. The summed E-state index contributed by atoms with van der Waals surface area (Å²) < 4.78 is 29.0. The number of ether oxygens (including phenoxy) is 3. The molecule has 1 amide bonds. The van der Waals surface area contributed by atoms with Crippen molar-refractivity contribution in [3.8, 4) is 17.2 Å². The molecule has 0 saturated carbocycles. The largest absolute Gasteiger partial charge is 0.493 e. The zero-order valence-electron chi connectivity index (χ0n) is 15.6. The molecule has 8 heteroatoms. The van der Waals surface area contributed by atoms with Gasteiger partial charge in [-0.05, 0) is 42.8 Å². The van der Waals surface area contributed by atoms with Gasteiger partial charge in [-0.25, -0.2) is 9.37 Å². The maximum atomic E-state index is 12.9. The molecule has 0 unspecified atom stereocenters. The summed E-state index contributed by atoms with van der Waals surface area (Å²) in [6.07, 6.45) is 0. The van der Waals surface area contributed by atoms with E-state index in [9.17, 15) is 9.18 Å². The molecule has 0 radical (unpaired) electrons. The molecule has 0 bridgehead atoms. The van der Waals surface area contributed by atoms with Gasteiger partial charge in [0.2, 0.25) is 0 Å². The summed E-state index contributed by atoms with van der Waals surface area (Å²) in [5.41, 5.74) is 1.73. The highest BCUT2D eigenvalue weighted by atomic mass is 32.1. The summed E-state index contributed by atoms with van der Waals surface area (Å²) in [6.45, 7) is 2.06. The number of carbonyl (C=O) groups excluding carboxylic acids is 1. The molecule has 1 heterocycles. The van der Waals surface area contributed by atoms with Crippen LogP contribution in [-0.4, -0.2) is 25.1 Å². The van der Waals surface area contributed by atoms with Crippen LogP contribution in [-0.2, 0) is 6.61 Å². The zero-order valence-corrected chi connectivity index (χ0v) is 16.4. The van der Waals surface area contributed by atoms with Crippen LogP contribution in [0.5, 0.6) is 17.2 Å². The first-order valence-electron chi connectivity index (χ1n) is 8.37. The van der Waals surface area contributed by atoms with Gasteiger partial charge in [0.1, 0.15) is 28.9 Å². The van der Waals surface area contributed by atoms with E-state index in [0.29, 0.717) is 27.9 Å². The van der Waals surface area contributed by atoms with Gasteiger partial charge in [0, 0.05) is 17.1 Å². The van der Waals surface area contributed by atoms with Crippen LogP contribution >= 0.6 is 11.3 Å². The van der Waals surface area contributed by atoms with E-state index in [1.165, 1.54) is 42.7 Å². The van der Waals surface area contributed by atoms with Crippen LogP contribution in [0.1, 0.15) is 21.1 Å². The first-order valence-corrected chi connectivity index (χ1v) is 9.25. The first-order chi connectivity index (χ1) is 13.5. The summed E-state index contributed by atoms with van der Waals surface area (Å²) >= 11 is 1.31. The SMILES string of the molecule is COc1cc(C)c(NC(=O)c2csc(COc3ccc(F)cc3)n2)cc1OC. The Morgan fingerprint density at radius 1 is 1.14 bits per heavy atom. The molecule has 6 nitrogen and oxygen atoms in total. The predicted molar refractivity (Wildman–Crippen MR) is 105 cm³/mol. The van der Waals surface area contributed by atoms with Crippen molar-refractivity contribution in [1.29, 1.82) is 0 Å². The smallest absolute Gasteiger partial charge is 0.275 e. The Morgan fingerprint density at radius 2 is 1.82 bits per heavy atom. The number of hydrogen-bond donors (Lipinski definition) is 1. The second-order valence-corrected chi connectivity index (χ2v) is 6.79. The minimum atomic E-state index is -0.334. The van der Waals surface area contributed by atoms with E-state index in [-0.39, 0.29) is 24.0 Å². The number of nitrogens with one attached hydrogen (secondary N) is 1. The molecule has 1 aromatic heterocycles. The number of amides is 1. The van der Waals surface area contributed by atoms with Crippen molar-refractivity contribution in [3.05, 3.63) is 63.9 Å². The highest BCUT2D eigenvalue weighted by Crippen LogP contribution is 2.33.